The number of carboxylic acids is 1. The van der Waals surface area contributed by atoms with E-state index >= 15 is 0 Å². The Labute approximate surface area is 286 Å². The van der Waals surface area contributed by atoms with E-state index in [4.69, 9.17) is 4.74 Å². The number of unbranched alkanes of at least 4 members (excludes halogenated alkanes) is 1. The number of hydrogen-bond donors (Lipinski definition) is 2. The van der Waals surface area contributed by atoms with Gasteiger partial charge < -0.3 is 14.9 Å². The summed E-state index contributed by atoms with van der Waals surface area (Å²) in [6, 6.07) is 8.36. The van der Waals surface area contributed by atoms with Gasteiger partial charge in [-0.3, -0.25) is 14.4 Å². The van der Waals surface area contributed by atoms with E-state index in [1.54, 1.807) is 0 Å². The molecule has 0 spiro atoms. The highest BCUT2D eigenvalue weighted by molar-refractivity contribution is 6.40. The lowest BCUT2D eigenvalue weighted by Crippen LogP contribution is -2.28. The molecule has 48 heavy (non-hydrogen) atoms. The Kier molecular flexibility index (Phi) is 11.0. The van der Waals surface area contributed by atoms with Crippen LogP contribution in [0.5, 0.6) is 0 Å². The van der Waals surface area contributed by atoms with E-state index in [0.29, 0.717) is 48.0 Å². The van der Waals surface area contributed by atoms with Crippen LogP contribution in [0.3, 0.4) is 0 Å². The second-order valence-electron chi connectivity index (χ2n) is 15.2. The van der Waals surface area contributed by atoms with E-state index in [0.717, 1.165) is 65.5 Å². The Hall–Kier alpha value is -3.67. The highest BCUT2D eigenvalue weighted by atomic mass is 16.5. The first kappa shape index (κ1) is 35.6. The summed E-state index contributed by atoms with van der Waals surface area (Å²) < 4.78 is 5.45. The van der Waals surface area contributed by atoms with Crippen molar-refractivity contribution in [3.8, 4) is 11.1 Å². The van der Waals surface area contributed by atoms with Gasteiger partial charge in [-0.25, -0.2) is 0 Å². The van der Waals surface area contributed by atoms with Crippen LogP contribution in [0, 0.1) is 36.5 Å². The maximum Gasteiger partial charge on any atom is 0.306 e. The van der Waals surface area contributed by atoms with Crippen molar-refractivity contribution in [3.05, 3.63) is 75.1 Å². The van der Waals surface area contributed by atoms with Gasteiger partial charge in [0.25, 0.3) is 0 Å². The number of carbonyl (C=O) groups excluding carboxylic acids is 2. The molecule has 4 unspecified atom stereocenters. The zero-order chi connectivity index (χ0) is 34.9. The second kappa shape index (κ2) is 14.8. The highest BCUT2D eigenvalue weighted by Crippen LogP contribution is 2.55. The number of rotatable bonds is 12. The van der Waals surface area contributed by atoms with E-state index in [9.17, 15) is 24.6 Å². The Morgan fingerprint density at radius 1 is 1.00 bits per heavy atom. The number of aliphatic carboxylic acids is 1. The van der Waals surface area contributed by atoms with Crippen LogP contribution in [0.25, 0.3) is 16.7 Å². The third-order valence-corrected chi connectivity index (χ3v) is 11.4. The number of ketones is 1. The Morgan fingerprint density at radius 2 is 1.75 bits per heavy atom. The van der Waals surface area contributed by atoms with Gasteiger partial charge in [0.1, 0.15) is 5.76 Å². The van der Waals surface area contributed by atoms with Gasteiger partial charge in [0, 0.05) is 12.8 Å². The number of aliphatic hydroxyl groups is 1. The molecule has 0 saturated heterocycles. The Balaban J connectivity index is 1.58. The lowest BCUT2D eigenvalue weighted by molar-refractivity contribution is -0.143. The first-order valence-electron chi connectivity index (χ1n) is 18.2. The van der Waals surface area contributed by atoms with Gasteiger partial charge in [-0.15, -0.1) is 0 Å². The number of ether oxygens (including phenoxy) is 1. The van der Waals surface area contributed by atoms with Gasteiger partial charge in [0.15, 0.2) is 0 Å². The fourth-order valence-corrected chi connectivity index (χ4v) is 8.45. The molecule has 6 heteroatoms. The van der Waals surface area contributed by atoms with Crippen LogP contribution in [0.1, 0.15) is 121 Å². The minimum absolute atomic E-state index is 0.0228. The number of carboxylic acid groups (broad SMARTS) is 1. The van der Waals surface area contributed by atoms with Crippen molar-refractivity contribution in [3.63, 3.8) is 0 Å². The smallest absolute Gasteiger partial charge is 0.306 e. The number of aryl methyl sites for hydroxylation is 2. The van der Waals surface area contributed by atoms with E-state index in [2.05, 4.69) is 65.8 Å². The van der Waals surface area contributed by atoms with Gasteiger partial charge in [0.05, 0.1) is 17.8 Å². The van der Waals surface area contributed by atoms with Crippen LogP contribution in [0.2, 0.25) is 0 Å². The molecule has 0 heterocycles. The summed E-state index contributed by atoms with van der Waals surface area (Å²) in [5.74, 6) is 0.601. The monoisotopic (exact) mass is 654 g/mol. The fraction of sp³-hybridized carbons (Fsp3) is 0.548. The third kappa shape index (κ3) is 7.04. The van der Waals surface area contributed by atoms with Crippen molar-refractivity contribution in [2.75, 3.05) is 6.61 Å². The van der Waals surface area contributed by atoms with Gasteiger partial charge in [-0.05, 0) is 133 Å². The first-order valence-corrected chi connectivity index (χ1v) is 18.2. The quantitative estimate of drug-likeness (QED) is 0.134. The Bertz CT molecular complexity index is 1640. The molecule has 0 aromatic rings. The maximum atomic E-state index is 14.3. The van der Waals surface area contributed by atoms with Crippen molar-refractivity contribution in [2.24, 2.45) is 29.6 Å². The maximum absolute atomic E-state index is 14.3. The predicted molar refractivity (Wildman–Crippen MR) is 191 cm³/mol. The summed E-state index contributed by atoms with van der Waals surface area (Å²) in [5.41, 5.74) is 8.63. The number of allylic oxidation sites excluding steroid dienone is 5. The van der Waals surface area contributed by atoms with Crippen molar-refractivity contribution in [2.45, 2.75) is 112 Å². The minimum atomic E-state index is -0.796. The third-order valence-electron chi connectivity index (χ3n) is 11.4. The number of aliphatic hydroxyl groups excluding tert-OH is 1. The molecule has 1 fully saturated rings. The SMILES string of the molecule is CCCCOC(=O)CCc1ccc(C(C)C)cc2c(C)cc(C3=C(O)/C(=C4\C=C(C)C5CC(C(C)C)CCC(CCC(=O)O)C45)C3=O)c1-2. The molecule has 5 aliphatic carbocycles. The van der Waals surface area contributed by atoms with Crippen molar-refractivity contribution < 1.29 is 29.3 Å². The average Bonchev–Trinajstić information content (AvgIpc) is 3.31. The molecule has 5 rings (SSSR count). The summed E-state index contributed by atoms with van der Waals surface area (Å²) in [4.78, 5) is 38.6. The molecule has 5 aliphatic rings. The normalized spacial score (nSPS) is 24.2. The highest BCUT2D eigenvalue weighted by Gasteiger charge is 2.47. The summed E-state index contributed by atoms with van der Waals surface area (Å²) in [7, 11) is 0. The van der Waals surface area contributed by atoms with Gasteiger partial charge >= 0.3 is 11.9 Å². The molecule has 258 valence electrons. The van der Waals surface area contributed by atoms with Crippen LogP contribution in [-0.4, -0.2) is 34.5 Å². The molecule has 0 bridgehead atoms. The molecular formula is C42H54O6. The number of Topliss-reactive ketones (excluding diaryl/α,β-unsaturated/α-hetero) is 1. The molecule has 0 aromatic heterocycles. The number of fused-ring (bicyclic) bond motifs is 2. The topological polar surface area (TPSA) is 101 Å². The summed E-state index contributed by atoms with van der Waals surface area (Å²) in [6.07, 6.45) is 8.27. The summed E-state index contributed by atoms with van der Waals surface area (Å²) >= 11 is 0. The standard InChI is InChI=1S/C42H54O6/c1-8-9-18-48-36(45)17-15-28-11-13-30(24(4)5)22-32-26(7)20-34(38(28)32)40-41(46)39(42(40)47)33-19-25(6)31-21-29(23(2)3)12-10-27(37(31)33)14-16-35(43)44/h11,13,19-20,22-24,27,29,31,37,46H,8-10,12,14-18,21H2,1-7H3,(H,43,44)/b39-33-. The van der Waals surface area contributed by atoms with Crippen molar-refractivity contribution >= 4 is 23.3 Å². The molecule has 0 radical (unpaired) electrons. The van der Waals surface area contributed by atoms with Crippen LogP contribution >= 0.6 is 0 Å². The van der Waals surface area contributed by atoms with Gasteiger partial charge in [-0.1, -0.05) is 70.9 Å². The minimum Gasteiger partial charge on any atom is -0.506 e. The first-order chi connectivity index (χ1) is 22.8. The molecule has 0 aromatic carbocycles. The lowest BCUT2D eigenvalue weighted by atomic mass is 9.71. The summed E-state index contributed by atoms with van der Waals surface area (Å²) in [5, 5.41) is 21.4. The van der Waals surface area contributed by atoms with E-state index in [-0.39, 0.29) is 54.0 Å². The van der Waals surface area contributed by atoms with E-state index in [1.807, 2.05) is 13.0 Å². The van der Waals surface area contributed by atoms with E-state index in [1.165, 1.54) is 5.57 Å². The second-order valence-corrected chi connectivity index (χ2v) is 15.2. The average molecular weight is 655 g/mol. The fourth-order valence-electron chi connectivity index (χ4n) is 8.45. The largest absolute Gasteiger partial charge is 0.506 e. The zero-order valence-corrected chi connectivity index (χ0v) is 29.9. The molecule has 2 N–H and O–H groups in total. The van der Waals surface area contributed by atoms with Crippen LogP contribution < -0.4 is 0 Å². The van der Waals surface area contributed by atoms with Crippen molar-refractivity contribution in [1.29, 1.82) is 0 Å². The van der Waals surface area contributed by atoms with Gasteiger partial charge in [-0.2, -0.15) is 0 Å². The van der Waals surface area contributed by atoms with Crippen LogP contribution in [0.4, 0.5) is 0 Å². The molecule has 4 atom stereocenters. The van der Waals surface area contributed by atoms with Crippen LogP contribution in [0.15, 0.2) is 52.8 Å². The number of esters is 1. The van der Waals surface area contributed by atoms with Gasteiger partial charge in [0.2, 0.25) is 5.78 Å². The number of hydrogen-bond acceptors (Lipinski definition) is 5. The summed E-state index contributed by atoms with van der Waals surface area (Å²) in [6.45, 7) is 15.5. The zero-order valence-electron chi connectivity index (χ0n) is 29.9. The molecule has 0 aliphatic heterocycles. The molecule has 6 nitrogen and oxygen atoms in total. The molecular weight excluding hydrogens is 600 g/mol. The predicted octanol–water partition coefficient (Wildman–Crippen LogP) is 9.78. The van der Waals surface area contributed by atoms with Crippen LogP contribution in [-0.2, 0) is 25.5 Å². The molecule has 0 amide bonds. The number of carbonyl (C=O) groups is 3. The molecule has 1 saturated carbocycles. The lowest BCUT2D eigenvalue weighted by Gasteiger charge is -2.32. The Morgan fingerprint density at radius 3 is 2.40 bits per heavy atom. The van der Waals surface area contributed by atoms with E-state index < -0.39 is 5.97 Å². The van der Waals surface area contributed by atoms with Crippen molar-refractivity contribution in [1.82, 2.24) is 0 Å².